The first kappa shape index (κ1) is 17.0. The molecule has 0 saturated carbocycles. The van der Waals surface area contributed by atoms with Crippen molar-refractivity contribution in [1.29, 1.82) is 0 Å². The van der Waals surface area contributed by atoms with Crippen molar-refractivity contribution in [3.05, 3.63) is 40.9 Å². The van der Waals surface area contributed by atoms with Crippen LogP contribution in [-0.4, -0.2) is 29.9 Å². The zero-order valence-electron chi connectivity index (χ0n) is 12.5. The third-order valence-electron chi connectivity index (χ3n) is 3.79. The Hall–Kier alpha value is -2.34. The van der Waals surface area contributed by atoms with Crippen LogP contribution in [0.3, 0.4) is 0 Å². The van der Waals surface area contributed by atoms with E-state index in [1.807, 2.05) is 6.08 Å². The number of amides is 2. The van der Waals surface area contributed by atoms with Crippen molar-refractivity contribution in [3.8, 4) is 0 Å². The van der Waals surface area contributed by atoms with Crippen LogP contribution in [0.2, 0.25) is 5.02 Å². The van der Waals surface area contributed by atoms with E-state index >= 15 is 0 Å². The molecule has 2 atom stereocenters. The summed E-state index contributed by atoms with van der Waals surface area (Å²) < 4.78 is 0. The van der Waals surface area contributed by atoms with E-state index in [-0.39, 0.29) is 16.8 Å². The van der Waals surface area contributed by atoms with Crippen molar-refractivity contribution >= 4 is 35.1 Å². The number of carboxylic acids is 1. The Kier molecular flexibility index (Phi) is 5.39. The van der Waals surface area contributed by atoms with Crippen LogP contribution in [-0.2, 0) is 9.59 Å². The van der Waals surface area contributed by atoms with Gasteiger partial charge in [-0.15, -0.1) is 0 Å². The van der Waals surface area contributed by atoms with Crippen LogP contribution in [0.15, 0.2) is 30.4 Å². The number of halogens is 1. The fraction of sp³-hybridized carbons (Fsp3) is 0.312. The van der Waals surface area contributed by atoms with E-state index < -0.39 is 17.8 Å². The maximum Gasteiger partial charge on any atom is 0.307 e. The summed E-state index contributed by atoms with van der Waals surface area (Å²) in [5.74, 6) is -3.04. The number of anilines is 1. The van der Waals surface area contributed by atoms with Gasteiger partial charge in [-0.1, -0.05) is 23.8 Å². The Morgan fingerprint density at radius 2 is 1.83 bits per heavy atom. The number of nitrogens with one attached hydrogen (secondary N) is 2. The number of hydrogen-bond acceptors (Lipinski definition) is 3. The lowest BCUT2D eigenvalue weighted by molar-refractivity contribution is -0.146. The molecule has 0 bridgehead atoms. The SMILES string of the molecule is CNC(=O)c1ccc(NC(=O)C2CC=CCC2C(=O)O)cc1Cl. The Labute approximate surface area is 138 Å². The van der Waals surface area contributed by atoms with E-state index in [1.165, 1.54) is 19.2 Å². The highest BCUT2D eigenvalue weighted by atomic mass is 35.5. The van der Waals surface area contributed by atoms with Gasteiger partial charge in [-0.25, -0.2) is 0 Å². The van der Waals surface area contributed by atoms with Gasteiger partial charge in [-0.3, -0.25) is 14.4 Å². The molecule has 0 radical (unpaired) electrons. The van der Waals surface area contributed by atoms with E-state index in [2.05, 4.69) is 10.6 Å². The van der Waals surface area contributed by atoms with Crippen molar-refractivity contribution in [1.82, 2.24) is 5.32 Å². The highest BCUT2D eigenvalue weighted by molar-refractivity contribution is 6.34. The molecular weight excluding hydrogens is 320 g/mol. The second kappa shape index (κ2) is 7.28. The van der Waals surface area contributed by atoms with Gasteiger partial charge in [0.1, 0.15) is 0 Å². The first-order valence-corrected chi connectivity index (χ1v) is 7.52. The van der Waals surface area contributed by atoms with Crippen LogP contribution in [0, 0.1) is 11.8 Å². The van der Waals surface area contributed by atoms with Crippen molar-refractivity contribution in [2.45, 2.75) is 12.8 Å². The Morgan fingerprint density at radius 1 is 1.17 bits per heavy atom. The predicted octanol–water partition coefficient (Wildman–Crippen LogP) is 2.31. The molecule has 2 amide bonds. The first-order chi connectivity index (χ1) is 10.9. The van der Waals surface area contributed by atoms with Gasteiger partial charge in [0, 0.05) is 12.7 Å². The molecule has 2 rings (SSSR count). The average Bonchev–Trinajstić information content (AvgIpc) is 2.54. The summed E-state index contributed by atoms with van der Waals surface area (Å²) in [6, 6.07) is 4.54. The first-order valence-electron chi connectivity index (χ1n) is 7.14. The van der Waals surface area contributed by atoms with Gasteiger partial charge in [0.25, 0.3) is 5.91 Å². The lowest BCUT2D eigenvalue weighted by Crippen LogP contribution is -2.34. The van der Waals surface area contributed by atoms with Crippen LogP contribution in [0.5, 0.6) is 0 Å². The maximum absolute atomic E-state index is 12.3. The van der Waals surface area contributed by atoms with E-state index in [0.29, 0.717) is 24.1 Å². The molecule has 23 heavy (non-hydrogen) atoms. The monoisotopic (exact) mass is 336 g/mol. The Bertz CT molecular complexity index is 672. The summed E-state index contributed by atoms with van der Waals surface area (Å²) in [4.78, 5) is 35.2. The number of benzene rings is 1. The van der Waals surface area contributed by atoms with E-state index in [1.54, 1.807) is 12.1 Å². The molecule has 6 nitrogen and oxygen atoms in total. The zero-order valence-corrected chi connectivity index (χ0v) is 13.3. The van der Waals surface area contributed by atoms with Gasteiger partial charge in [0.2, 0.25) is 5.91 Å². The largest absolute Gasteiger partial charge is 0.481 e. The molecule has 122 valence electrons. The molecule has 3 N–H and O–H groups in total. The topological polar surface area (TPSA) is 95.5 Å². The zero-order chi connectivity index (χ0) is 17.0. The standard InChI is InChI=1S/C16H17ClN2O4/c1-18-14(20)12-7-6-9(8-13(12)17)19-15(21)10-4-2-3-5-11(10)16(22)23/h2-3,6-8,10-11H,4-5H2,1H3,(H,18,20)(H,19,21)(H,22,23). The van der Waals surface area contributed by atoms with Gasteiger partial charge >= 0.3 is 5.97 Å². The minimum Gasteiger partial charge on any atom is -0.481 e. The highest BCUT2D eigenvalue weighted by Crippen LogP contribution is 2.28. The molecule has 0 saturated heterocycles. The van der Waals surface area contributed by atoms with Crippen molar-refractivity contribution < 1.29 is 19.5 Å². The molecule has 7 heteroatoms. The number of hydrogen-bond donors (Lipinski definition) is 3. The summed E-state index contributed by atoms with van der Waals surface area (Å²) in [5.41, 5.74) is 0.725. The summed E-state index contributed by atoms with van der Waals surface area (Å²) >= 11 is 6.03. The number of carboxylic acid groups (broad SMARTS) is 1. The number of rotatable bonds is 4. The minimum absolute atomic E-state index is 0.209. The molecular formula is C16H17ClN2O4. The van der Waals surface area contributed by atoms with E-state index in [4.69, 9.17) is 11.6 Å². The summed E-state index contributed by atoms with van der Waals surface area (Å²) in [6.45, 7) is 0. The third kappa shape index (κ3) is 3.90. The second-order valence-electron chi connectivity index (χ2n) is 5.26. The van der Waals surface area contributed by atoms with Gasteiger partial charge in [-0.05, 0) is 31.0 Å². The van der Waals surface area contributed by atoms with Gasteiger partial charge in [-0.2, -0.15) is 0 Å². The number of allylic oxidation sites excluding steroid dienone is 2. The summed E-state index contributed by atoms with van der Waals surface area (Å²) in [7, 11) is 1.50. The normalized spacial score (nSPS) is 19.9. The summed E-state index contributed by atoms with van der Waals surface area (Å²) in [5, 5.41) is 14.6. The van der Waals surface area contributed by atoms with Gasteiger partial charge < -0.3 is 15.7 Å². The lowest BCUT2D eigenvalue weighted by atomic mass is 9.82. The van der Waals surface area contributed by atoms with Gasteiger partial charge in [0.15, 0.2) is 0 Å². The van der Waals surface area contributed by atoms with Crippen LogP contribution in [0.25, 0.3) is 0 Å². The molecule has 0 aliphatic heterocycles. The van der Waals surface area contributed by atoms with Crippen LogP contribution in [0.4, 0.5) is 5.69 Å². The van der Waals surface area contributed by atoms with Crippen molar-refractivity contribution in [2.24, 2.45) is 11.8 Å². The van der Waals surface area contributed by atoms with E-state index in [0.717, 1.165) is 0 Å². The van der Waals surface area contributed by atoms with Crippen molar-refractivity contribution in [2.75, 3.05) is 12.4 Å². The fourth-order valence-corrected chi connectivity index (χ4v) is 2.79. The predicted molar refractivity (Wildman–Crippen MR) is 86.5 cm³/mol. The lowest BCUT2D eigenvalue weighted by Gasteiger charge is -2.24. The van der Waals surface area contributed by atoms with Crippen molar-refractivity contribution in [3.63, 3.8) is 0 Å². The maximum atomic E-state index is 12.3. The third-order valence-corrected chi connectivity index (χ3v) is 4.11. The smallest absolute Gasteiger partial charge is 0.307 e. The molecule has 0 spiro atoms. The average molecular weight is 337 g/mol. The van der Waals surface area contributed by atoms with Crippen LogP contribution >= 0.6 is 11.6 Å². The number of carbonyl (C=O) groups is 3. The molecule has 1 aliphatic rings. The quantitative estimate of drug-likeness (QED) is 0.735. The molecule has 0 heterocycles. The van der Waals surface area contributed by atoms with Crippen LogP contribution in [0.1, 0.15) is 23.2 Å². The molecule has 1 aromatic carbocycles. The minimum atomic E-state index is -0.984. The number of aliphatic carboxylic acids is 1. The van der Waals surface area contributed by atoms with Gasteiger partial charge in [0.05, 0.1) is 22.4 Å². The molecule has 0 fully saturated rings. The van der Waals surface area contributed by atoms with Crippen LogP contribution < -0.4 is 10.6 Å². The fourth-order valence-electron chi connectivity index (χ4n) is 2.52. The number of carbonyl (C=O) groups excluding carboxylic acids is 2. The molecule has 1 aromatic rings. The molecule has 0 aromatic heterocycles. The highest BCUT2D eigenvalue weighted by Gasteiger charge is 2.34. The summed E-state index contributed by atoms with van der Waals surface area (Å²) in [6.07, 6.45) is 4.31. The molecule has 2 unspecified atom stereocenters. The second-order valence-corrected chi connectivity index (χ2v) is 5.66. The Morgan fingerprint density at radius 3 is 2.39 bits per heavy atom. The Balaban J connectivity index is 2.14. The molecule has 1 aliphatic carbocycles. The van der Waals surface area contributed by atoms with E-state index in [9.17, 15) is 19.5 Å².